The van der Waals surface area contributed by atoms with Gasteiger partial charge in [0, 0.05) is 32.2 Å². The molecule has 112 valence electrons. The summed E-state index contributed by atoms with van der Waals surface area (Å²) in [6.45, 7) is 8.73. The molecule has 0 unspecified atom stereocenters. The summed E-state index contributed by atoms with van der Waals surface area (Å²) in [7, 11) is 1.64. The van der Waals surface area contributed by atoms with Gasteiger partial charge in [0.15, 0.2) is 11.5 Å². The van der Waals surface area contributed by atoms with E-state index in [9.17, 15) is 0 Å². The van der Waals surface area contributed by atoms with Crippen LogP contribution in [0.2, 0.25) is 5.02 Å². The molecule has 1 aliphatic heterocycles. The van der Waals surface area contributed by atoms with Crippen LogP contribution in [0.3, 0.4) is 0 Å². The fraction of sp³-hybridized carbons (Fsp3) is 0.600. The number of piperazine rings is 1. The number of hydrogen-bond donors (Lipinski definition) is 1. The van der Waals surface area contributed by atoms with Crippen molar-refractivity contribution in [3.05, 3.63) is 22.7 Å². The molecule has 0 spiro atoms. The van der Waals surface area contributed by atoms with E-state index in [1.807, 2.05) is 19.1 Å². The molecule has 1 atom stereocenters. The van der Waals surface area contributed by atoms with E-state index in [4.69, 9.17) is 21.1 Å². The quantitative estimate of drug-likeness (QED) is 0.906. The maximum absolute atomic E-state index is 6.30. The monoisotopic (exact) mass is 298 g/mol. The van der Waals surface area contributed by atoms with Crippen molar-refractivity contribution in [3.63, 3.8) is 0 Å². The van der Waals surface area contributed by atoms with Crippen LogP contribution in [-0.4, -0.2) is 44.3 Å². The van der Waals surface area contributed by atoms with Gasteiger partial charge in [0.1, 0.15) is 0 Å². The van der Waals surface area contributed by atoms with Crippen molar-refractivity contribution < 1.29 is 9.47 Å². The minimum absolute atomic E-state index is 0.531. The zero-order chi connectivity index (χ0) is 14.5. The minimum Gasteiger partial charge on any atom is -0.493 e. The van der Waals surface area contributed by atoms with Crippen LogP contribution in [0.25, 0.3) is 0 Å². The highest BCUT2D eigenvalue weighted by atomic mass is 35.5. The maximum atomic E-state index is 6.30. The predicted molar refractivity (Wildman–Crippen MR) is 81.9 cm³/mol. The molecule has 1 saturated heterocycles. The van der Waals surface area contributed by atoms with Crippen molar-refractivity contribution in [1.82, 2.24) is 10.2 Å². The lowest BCUT2D eigenvalue weighted by Crippen LogP contribution is -2.48. The second-order valence-electron chi connectivity index (χ2n) is 5.13. The van der Waals surface area contributed by atoms with Crippen LogP contribution in [0.4, 0.5) is 0 Å². The number of hydrogen-bond acceptors (Lipinski definition) is 4. The lowest BCUT2D eigenvalue weighted by Gasteiger charge is -2.32. The third kappa shape index (κ3) is 3.78. The highest BCUT2D eigenvalue weighted by molar-refractivity contribution is 6.32. The Labute approximate surface area is 126 Å². The van der Waals surface area contributed by atoms with E-state index in [0.29, 0.717) is 29.2 Å². The molecule has 5 heteroatoms. The first kappa shape index (κ1) is 15.4. The molecule has 0 saturated carbocycles. The van der Waals surface area contributed by atoms with Gasteiger partial charge in [-0.25, -0.2) is 0 Å². The lowest BCUT2D eigenvalue weighted by molar-refractivity contribution is 0.199. The molecule has 1 aliphatic rings. The van der Waals surface area contributed by atoms with E-state index >= 15 is 0 Å². The summed E-state index contributed by atoms with van der Waals surface area (Å²) < 4.78 is 10.9. The van der Waals surface area contributed by atoms with Gasteiger partial charge >= 0.3 is 0 Å². The average molecular weight is 299 g/mol. The lowest BCUT2D eigenvalue weighted by atomic mass is 10.1. The van der Waals surface area contributed by atoms with Gasteiger partial charge in [-0.05, 0) is 31.5 Å². The van der Waals surface area contributed by atoms with Gasteiger partial charge in [-0.15, -0.1) is 0 Å². The van der Waals surface area contributed by atoms with Crippen LogP contribution >= 0.6 is 11.6 Å². The van der Waals surface area contributed by atoms with Crippen LogP contribution in [0.5, 0.6) is 11.5 Å². The Morgan fingerprint density at radius 3 is 2.90 bits per heavy atom. The summed E-state index contributed by atoms with van der Waals surface area (Å²) in [4.78, 5) is 2.42. The van der Waals surface area contributed by atoms with E-state index in [2.05, 4.69) is 17.1 Å². The zero-order valence-electron chi connectivity index (χ0n) is 12.4. The molecule has 1 heterocycles. The Hall–Kier alpha value is -0.970. The third-order valence-corrected chi connectivity index (χ3v) is 3.72. The highest BCUT2D eigenvalue weighted by Crippen LogP contribution is 2.36. The van der Waals surface area contributed by atoms with Crippen LogP contribution in [0.1, 0.15) is 19.4 Å². The normalized spacial score (nSPS) is 19.9. The summed E-state index contributed by atoms with van der Waals surface area (Å²) in [5.41, 5.74) is 1.16. The zero-order valence-corrected chi connectivity index (χ0v) is 13.2. The molecule has 0 amide bonds. The van der Waals surface area contributed by atoms with Crippen LogP contribution in [-0.2, 0) is 6.54 Å². The van der Waals surface area contributed by atoms with Crippen molar-refractivity contribution in [1.29, 1.82) is 0 Å². The van der Waals surface area contributed by atoms with E-state index in [0.717, 1.165) is 31.7 Å². The smallest absolute Gasteiger partial charge is 0.179 e. The van der Waals surface area contributed by atoms with Crippen molar-refractivity contribution in [2.75, 3.05) is 33.4 Å². The number of ether oxygens (including phenoxy) is 2. The molecule has 0 aromatic heterocycles. The Balaban J connectivity index is 2.14. The number of methoxy groups -OCH3 is 1. The predicted octanol–water partition coefficient (Wildman–Crippen LogP) is 2.54. The molecular weight excluding hydrogens is 276 g/mol. The van der Waals surface area contributed by atoms with Crippen molar-refractivity contribution in [2.45, 2.75) is 26.4 Å². The van der Waals surface area contributed by atoms with Gasteiger partial charge in [-0.1, -0.05) is 11.6 Å². The fourth-order valence-electron chi connectivity index (χ4n) is 2.56. The van der Waals surface area contributed by atoms with Crippen LogP contribution in [0.15, 0.2) is 12.1 Å². The number of rotatable bonds is 5. The molecule has 1 N–H and O–H groups in total. The second kappa shape index (κ2) is 7.16. The maximum Gasteiger partial charge on any atom is 0.179 e. The molecule has 4 nitrogen and oxygen atoms in total. The topological polar surface area (TPSA) is 33.7 Å². The summed E-state index contributed by atoms with van der Waals surface area (Å²) in [5, 5.41) is 4.06. The summed E-state index contributed by atoms with van der Waals surface area (Å²) in [5.74, 6) is 1.34. The van der Waals surface area contributed by atoms with E-state index in [-0.39, 0.29) is 0 Å². The van der Waals surface area contributed by atoms with Gasteiger partial charge in [-0.3, -0.25) is 4.90 Å². The average Bonchev–Trinajstić information content (AvgIpc) is 2.41. The van der Waals surface area contributed by atoms with Crippen molar-refractivity contribution in [3.8, 4) is 11.5 Å². The van der Waals surface area contributed by atoms with Crippen LogP contribution in [0, 0.1) is 0 Å². The van der Waals surface area contributed by atoms with Gasteiger partial charge in [0.25, 0.3) is 0 Å². The largest absolute Gasteiger partial charge is 0.493 e. The number of halogens is 1. The summed E-state index contributed by atoms with van der Waals surface area (Å²) in [6, 6.07) is 4.52. The standard InChI is InChI=1S/C15H23ClN2O2/c1-4-20-15-13(16)7-12(8-14(15)19-3)10-18-6-5-17-11(2)9-18/h7-8,11,17H,4-6,9-10H2,1-3H3/t11-/m1/s1. The van der Waals surface area contributed by atoms with Gasteiger partial charge in [0.2, 0.25) is 0 Å². The minimum atomic E-state index is 0.531. The van der Waals surface area contributed by atoms with E-state index < -0.39 is 0 Å². The molecule has 0 radical (unpaired) electrons. The summed E-state index contributed by atoms with van der Waals surface area (Å²) >= 11 is 6.30. The molecular formula is C15H23ClN2O2. The van der Waals surface area contributed by atoms with Gasteiger partial charge < -0.3 is 14.8 Å². The number of nitrogens with one attached hydrogen (secondary N) is 1. The summed E-state index contributed by atoms with van der Waals surface area (Å²) in [6.07, 6.45) is 0. The molecule has 0 aliphatic carbocycles. The van der Waals surface area contributed by atoms with E-state index in [1.165, 1.54) is 0 Å². The fourth-order valence-corrected chi connectivity index (χ4v) is 2.85. The van der Waals surface area contributed by atoms with Crippen molar-refractivity contribution in [2.24, 2.45) is 0 Å². The highest BCUT2D eigenvalue weighted by Gasteiger charge is 2.17. The molecule has 20 heavy (non-hydrogen) atoms. The molecule has 2 rings (SSSR count). The van der Waals surface area contributed by atoms with Crippen molar-refractivity contribution >= 4 is 11.6 Å². The molecule has 1 fully saturated rings. The van der Waals surface area contributed by atoms with E-state index in [1.54, 1.807) is 7.11 Å². The Morgan fingerprint density at radius 2 is 2.25 bits per heavy atom. The first-order chi connectivity index (χ1) is 9.63. The molecule has 1 aromatic carbocycles. The Kier molecular flexibility index (Phi) is 5.52. The SMILES string of the molecule is CCOc1c(Cl)cc(CN2CCN[C@H](C)C2)cc1OC. The van der Waals surface area contributed by atoms with Gasteiger partial charge in [-0.2, -0.15) is 0 Å². The molecule has 0 bridgehead atoms. The third-order valence-electron chi connectivity index (χ3n) is 3.44. The van der Waals surface area contributed by atoms with Gasteiger partial charge in [0.05, 0.1) is 18.7 Å². The number of benzene rings is 1. The first-order valence-corrected chi connectivity index (χ1v) is 7.46. The molecule has 1 aromatic rings. The Morgan fingerprint density at radius 1 is 1.45 bits per heavy atom. The second-order valence-corrected chi connectivity index (χ2v) is 5.54. The van der Waals surface area contributed by atoms with Crippen LogP contribution < -0.4 is 14.8 Å². The Bertz CT molecular complexity index is 454. The number of nitrogens with zero attached hydrogens (tertiary/aromatic N) is 1. The first-order valence-electron chi connectivity index (χ1n) is 7.09.